The third kappa shape index (κ3) is 2.53. The maximum absolute atomic E-state index is 6.40. The van der Waals surface area contributed by atoms with Crippen molar-refractivity contribution >= 4 is 0 Å². The topological polar surface area (TPSA) is 29.3 Å². The molecule has 0 bridgehead atoms. The molecule has 0 amide bonds. The number of hydrogen-bond acceptors (Lipinski definition) is 2. The SMILES string of the molecule is CC1CCC(CN)(N2CCCCCC2C)c2ccccc21. The molecule has 21 heavy (non-hydrogen) atoms. The number of fused-ring (bicyclic) bond motifs is 1. The smallest absolute Gasteiger partial charge is 0.0589 e. The Hall–Kier alpha value is -0.860. The minimum atomic E-state index is 0.0762. The standard InChI is InChI=1S/C19H30N2/c1-15-11-12-19(14-20,18-10-6-5-9-17(15)18)21-13-7-3-4-8-16(21)2/h5-6,9-10,15-16H,3-4,7-8,11-14,20H2,1-2H3. The maximum atomic E-state index is 6.40. The average molecular weight is 286 g/mol. The van der Waals surface area contributed by atoms with Crippen LogP contribution in [-0.4, -0.2) is 24.0 Å². The van der Waals surface area contributed by atoms with Crippen LogP contribution in [0, 0.1) is 0 Å². The molecular formula is C19H30N2. The van der Waals surface area contributed by atoms with Crippen molar-refractivity contribution in [3.8, 4) is 0 Å². The lowest BCUT2D eigenvalue weighted by Gasteiger charge is -2.50. The molecule has 0 saturated carbocycles. The van der Waals surface area contributed by atoms with E-state index in [1.165, 1.54) is 56.2 Å². The molecule has 1 aromatic carbocycles. The van der Waals surface area contributed by atoms with Gasteiger partial charge in [0.25, 0.3) is 0 Å². The van der Waals surface area contributed by atoms with Crippen molar-refractivity contribution in [2.24, 2.45) is 5.73 Å². The van der Waals surface area contributed by atoms with Crippen molar-refractivity contribution in [1.29, 1.82) is 0 Å². The monoisotopic (exact) mass is 286 g/mol. The van der Waals surface area contributed by atoms with Gasteiger partial charge in [0, 0.05) is 12.6 Å². The summed E-state index contributed by atoms with van der Waals surface area (Å²) in [4.78, 5) is 2.75. The molecule has 1 aliphatic heterocycles. The van der Waals surface area contributed by atoms with E-state index >= 15 is 0 Å². The van der Waals surface area contributed by atoms with E-state index in [1.54, 1.807) is 0 Å². The van der Waals surface area contributed by atoms with Crippen LogP contribution in [0.25, 0.3) is 0 Å². The van der Waals surface area contributed by atoms with E-state index in [1.807, 2.05) is 0 Å². The van der Waals surface area contributed by atoms with E-state index in [2.05, 4.69) is 43.0 Å². The summed E-state index contributed by atoms with van der Waals surface area (Å²) in [6, 6.07) is 9.71. The van der Waals surface area contributed by atoms with Crippen molar-refractivity contribution in [3.63, 3.8) is 0 Å². The number of nitrogens with two attached hydrogens (primary N) is 1. The van der Waals surface area contributed by atoms with E-state index in [0.29, 0.717) is 12.0 Å². The van der Waals surface area contributed by atoms with Gasteiger partial charge in [-0.2, -0.15) is 0 Å². The van der Waals surface area contributed by atoms with E-state index in [4.69, 9.17) is 5.73 Å². The summed E-state index contributed by atoms with van der Waals surface area (Å²) < 4.78 is 0. The zero-order chi connectivity index (χ0) is 14.9. The first-order valence-electron chi connectivity index (χ1n) is 8.75. The maximum Gasteiger partial charge on any atom is 0.0589 e. The molecule has 3 rings (SSSR count). The lowest BCUT2D eigenvalue weighted by atomic mass is 9.71. The van der Waals surface area contributed by atoms with Gasteiger partial charge in [0.15, 0.2) is 0 Å². The number of rotatable bonds is 2. The van der Waals surface area contributed by atoms with Gasteiger partial charge in [-0.3, -0.25) is 4.90 Å². The molecule has 2 aliphatic rings. The Morgan fingerprint density at radius 2 is 1.95 bits per heavy atom. The summed E-state index contributed by atoms with van der Waals surface area (Å²) in [6.07, 6.45) is 7.86. The summed E-state index contributed by atoms with van der Waals surface area (Å²) in [5.41, 5.74) is 9.52. The molecule has 0 spiro atoms. The van der Waals surface area contributed by atoms with Gasteiger partial charge in [-0.25, -0.2) is 0 Å². The van der Waals surface area contributed by atoms with Crippen LogP contribution in [0.2, 0.25) is 0 Å². The zero-order valence-corrected chi connectivity index (χ0v) is 13.6. The van der Waals surface area contributed by atoms with Crippen LogP contribution in [0.4, 0.5) is 0 Å². The molecule has 1 aromatic rings. The first kappa shape index (κ1) is 15.1. The highest BCUT2D eigenvalue weighted by molar-refractivity contribution is 5.39. The second-order valence-electron chi connectivity index (χ2n) is 7.15. The predicted octanol–water partition coefficient (Wildman–Crippen LogP) is 4.00. The van der Waals surface area contributed by atoms with Crippen molar-refractivity contribution in [3.05, 3.63) is 35.4 Å². The summed E-state index contributed by atoms with van der Waals surface area (Å²) >= 11 is 0. The highest BCUT2D eigenvalue weighted by Gasteiger charge is 2.43. The van der Waals surface area contributed by atoms with E-state index in [0.717, 1.165) is 6.54 Å². The Morgan fingerprint density at radius 3 is 2.76 bits per heavy atom. The summed E-state index contributed by atoms with van der Waals surface area (Å²) in [5.74, 6) is 0.670. The normalized spacial score (nSPS) is 34.2. The van der Waals surface area contributed by atoms with Crippen molar-refractivity contribution in [2.45, 2.75) is 69.9 Å². The molecule has 1 aliphatic carbocycles. The molecule has 1 heterocycles. The Morgan fingerprint density at radius 1 is 1.14 bits per heavy atom. The third-order valence-corrected chi connectivity index (χ3v) is 5.92. The second kappa shape index (κ2) is 6.10. The van der Waals surface area contributed by atoms with Crippen molar-refractivity contribution < 1.29 is 0 Å². The Kier molecular flexibility index (Phi) is 4.37. The number of benzene rings is 1. The molecule has 2 heteroatoms. The van der Waals surface area contributed by atoms with Crippen LogP contribution in [0.3, 0.4) is 0 Å². The van der Waals surface area contributed by atoms with Gasteiger partial charge in [0.2, 0.25) is 0 Å². The number of hydrogen-bond donors (Lipinski definition) is 1. The van der Waals surface area contributed by atoms with Gasteiger partial charge in [0.1, 0.15) is 0 Å². The minimum absolute atomic E-state index is 0.0762. The molecule has 1 saturated heterocycles. The molecule has 0 aromatic heterocycles. The molecule has 2 N–H and O–H groups in total. The fourth-order valence-corrected chi connectivity index (χ4v) is 4.63. The Labute approximate surface area is 129 Å². The minimum Gasteiger partial charge on any atom is -0.328 e. The van der Waals surface area contributed by atoms with Crippen LogP contribution < -0.4 is 5.73 Å². The largest absolute Gasteiger partial charge is 0.328 e. The first-order chi connectivity index (χ1) is 10.2. The van der Waals surface area contributed by atoms with Gasteiger partial charge in [0.05, 0.1) is 5.54 Å². The Bertz CT molecular complexity index is 484. The van der Waals surface area contributed by atoms with Gasteiger partial charge in [-0.05, 0) is 56.2 Å². The second-order valence-corrected chi connectivity index (χ2v) is 7.15. The van der Waals surface area contributed by atoms with Crippen LogP contribution in [0.15, 0.2) is 24.3 Å². The Balaban J connectivity index is 2.05. The predicted molar refractivity (Wildman–Crippen MR) is 89.5 cm³/mol. The third-order valence-electron chi connectivity index (χ3n) is 5.92. The van der Waals surface area contributed by atoms with E-state index < -0.39 is 0 Å². The van der Waals surface area contributed by atoms with Gasteiger partial charge < -0.3 is 5.73 Å². The number of likely N-dealkylation sites (tertiary alicyclic amines) is 1. The molecule has 3 atom stereocenters. The fourth-order valence-electron chi connectivity index (χ4n) is 4.63. The van der Waals surface area contributed by atoms with Crippen molar-refractivity contribution in [1.82, 2.24) is 4.90 Å². The zero-order valence-electron chi connectivity index (χ0n) is 13.6. The van der Waals surface area contributed by atoms with Gasteiger partial charge >= 0.3 is 0 Å². The van der Waals surface area contributed by atoms with Crippen molar-refractivity contribution in [2.75, 3.05) is 13.1 Å². The van der Waals surface area contributed by atoms with Crippen LogP contribution >= 0.6 is 0 Å². The summed E-state index contributed by atoms with van der Waals surface area (Å²) in [7, 11) is 0. The highest BCUT2D eigenvalue weighted by atomic mass is 15.2. The fraction of sp³-hybridized carbons (Fsp3) is 0.684. The summed E-state index contributed by atoms with van der Waals surface area (Å²) in [5, 5.41) is 0. The molecular weight excluding hydrogens is 256 g/mol. The van der Waals surface area contributed by atoms with Gasteiger partial charge in [-0.15, -0.1) is 0 Å². The molecule has 2 nitrogen and oxygen atoms in total. The lowest BCUT2D eigenvalue weighted by Crippen LogP contribution is -2.56. The lowest BCUT2D eigenvalue weighted by molar-refractivity contribution is 0.0369. The van der Waals surface area contributed by atoms with E-state index in [-0.39, 0.29) is 5.54 Å². The highest BCUT2D eigenvalue weighted by Crippen LogP contribution is 2.46. The molecule has 116 valence electrons. The average Bonchev–Trinajstić information content (AvgIpc) is 2.74. The van der Waals surface area contributed by atoms with Crippen LogP contribution in [-0.2, 0) is 5.54 Å². The molecule has 3 unspecified atom stereocenters. The van der Waals surface area contributed by atoms with E-state index in [9.17, 15) is 0 Å². The number of nitrogens with zero attached hydrogens (tertiary/aromatic N) is 1. The van der Waals surface area contributed by atoms with Gasteiger partial charge in [-0.1, -0.05) is 44.0 Å². The van der Waals surface area contributed by atoms with Crippen LogP contribution in [0.5, 0.6) is 0 Å². The quantitative estimate of drug-likeness (QED) is 0.890. The molecule has 1 fully saturated rings. The summed E-state index contributed by atoms with van der Waals surface area (Å²) in [6.45, 7) is 6.73. The van der Waals surface area contributed by atoms with Crippen LogP contribution in [0.1, 0.15) is 69.4 Å². The first-order valence-corrected chi connectivity index (χ1v) is 8.75. The molecule has 0 radical (unpaired) electrons.